The maximum Gasteiger partial charge on any atom is -0.00267 e. The van der Waals surface area contributed by atoms with Gasteiger partial charge in [0.2, 0.25) is 0 Å². The van der Waals surface area contributed by atoms with Crippen molar-refractivity contribution in [3.63, 3.8) is 0 Å². The van der Waals surface area contributed by atoms with Crippen LogP contribution in [-0.4, -0.2) is 0 Å². The first-order chi connectivity index (χ1) is 10.7. The van der Waals surface area contributed by atoms with E-state index in [4.69, 9.17) is 0 Å². The lowest BCUT2D eigenvalue weighted by atomic mass is 9.73. The van der Waals surface area contributed by atoms with Crippen LogP contribution in [0, 0.1) is 0 Å². The third-order valence-electron chi connectivity index (χ3n) is 4.52. The fraction of sp³-hybridized carbons (Fsp3) is 0.182. The molecule has 0 atom stereocenters. The number of benzene rings is 2. The molecule has 3 rings (SSSR count). The van der Waals surface area contributed by atoms with Gasteiger partial charge in [-0.3, -0.25) is 0 Å². The van der Waals surface area contributed by atoms with Crippen LogP contribution in [0.5, 0.6) is 0 Å². The monoisotopic (exact) mass is 286 g/mol. The van der Waals surface area contributed by atoms with Crippen molar-refractivity contribution < 1.29 is 0 Å². The average Bonchev–Trinajstić information content (AvgIpc) is 2.59. The number of hydrogen-bond acceptors (Lipinski definition) is 0. The zero-order valence-corrected chi connectivity index (χ0v) is 13.4. The topological polar surface area (TPSA) is 0 Å². The fourth-order valence-corrected chi connectivity index (χ4v) is 2.99. The average molecular weight is 286 g/mol. The molecule has 1 aliphatic rings. The van der Waals surface area contributed by atoms with E-state index in [9.17, 15) is 0 Å². The van der Waals surface area contributed by atoms with Gasteiger partial charge in [0.05, 0.1) is 0 Å². The first-order valence-electron chi connectivity index (χ1n) is 7.97. The van der Waals surface area contributed by atoms with E-state index in [0.717, 1.165) is 24.0 Å². The standard InChI is InChI=1S/C22H22/c1-5-17-7-11-19(12-8-17)21-15(3)16(4)22(21)20-13-9-18(6-2)10-14-20/h7-14H,3-6H2,1-2H3. The summed E-state index contributed by atoms with van der Waals surface area (Å²) in [7, 11) is 0. The summed E-state index contributed by atoms with van der Waals surface area (Å²) in [6, 6.07) is 17.6. The van der Waals surface area contributed by atoms with Crippen LogP contribution in [0.25, 0.3) is 11.1 Å². The van der Waals surface area contributed by atoms with Crippen molar-refractivity contribution in [3.8, 4) is 0 Å². The maximum absolute atomic E-state index is 4.19. The van der Waals surface area contributed by atoms with Gasteiger partial charge in [0.15, 0.2) is 0 Å². The quantitative estimate of drug-likeness (QED) is 0.661. The van der Waals surface area contributed by atoms with Crippen molar-refractivity contribution >= 4 is 11.1 Å². The Kier molecular flexibility index (Phi) is 3.85. The molecule has 0 heterocycles. The van der Waals surface area contributed by atoms with Gasteiger partial charge in [0, 0.05) is 0 Å². The summed E-state index contributed by atoms with van der Waals surface area (Å²) in [6.45, 7) is 12.7. The van der Waals surface area contributed by atoms with Gasteiger partial charge in [-0.05, 0) is 57.4 Å². The molecular weight excluding hydrogens is 264 g/mol. The zero-order valence-electron chi connectivity index (χ0n) is 13.4. The van der Waals surface area contributed by atoms with Gasteiger partial charge in [0.1, 0.15) is 0 Å². The van der Waals surface area contributed by atoms with Gasteiger partial charge in [0.25, 0.3) is 0 Å². The Morgan fingerprint density at radius 1 is 0.591 bits per heavy atom. The van der Waals surface area contributed by atoms with E-state index < -0.39 is 0 Å². The summed E-state index contributed by atoms with van der Waals surface area (Å²) in [5.74, 6) is 0. The molecule has 0 fully saturated rings. The summed E-state index contributed by atoms with van der Waals surface area (Å²) in [5, 5.41) is 0. The summed E-state index contributed by atoms with van der Waals surface area (Å²) >= 11 is 0. The van der Waals surface area contributed by atoms with Crippen molar-refractivity contribution in [2.75, 3.05) is 0 Å². The van der Waals surface area contributed by atoms with Gasteiger partial charge in [-0.2, -0.15) is 0 Å². The van der Waals surface area contributed by atoms with E-state index in [1.54, 1.807) is 0 Å². The van der Waals surface area contributed by atoms with E-state index in [1.807, 2.05) is 0 Å². The molecule has 1 aliphatic carbocycles. The number of aryl methyl sites for hydroxylation is 2. The Balaban J connectivity index is 2.06. The minimum Gasteiger partial charge on any atom is -0.0905 e. The van der Waals surface area contributed by atoms with Gasteiger partial charge < -0.3 is 0 Å². The molecule has 22 heavy (non-hydrogen) atoms. The van der Waals surface area contributed by atoms with E-state index in [-0.39, 0.29) is 0 Å². The van der Waals surface area contributed by atoms with E-state index in [0.29, 0.717) is 0 Å². The fourth-order valence-electron chi connectivity index (χ4n) is 2.99. The molecule has 2 aromatic carbocycles. The van der Waals surface area contributed by atoms with Gasteiger partial charge in [-0.15, -0.1) is 0 Å². The maximum atomic E-state index is 4.19. The zero-order chi connectivity index (χ0) is 15.7. The van der Waals surface area contributed by atoms with Crippen LogP contribution in [0.3, 0.4) is 0 Å². The second-order valence-corrected chi connectivity index (χ2v) is 5.81. The van der Waals surface area contributed by atoms with Crippen LogP contribution < -0.4 is 0 Å². The summed E-state index contributed by atoms with van der Waals surface area (Å²) in [6.07, 6.45) is 2.14. The highest BCUT2D eigenvalue weighted by Crippen LogP contribution is 2.49. The summed E-state index contributed by atoms with van der Waals surface area (Å²) < 4.78 is 0. The number of rotatable bonds is 4. The molecule has 0 bridgehead atoms. The third kappa shape index (κ3) is 2.35. The Bertz CT molecular complexity index is 685. The van der Waals surface area contributed by atoms with Crippen molar-refractivity contribution in [1.29, 1.82) is 0 Å². The Morgan fingerprint density at radius 3 is 1.18 bits per heavy atom. The minimum atomic E-state index is 1.07. The molecule has 0 spiro atoms. The molecule has 0 aliphatic heterocycles. The molecular formula is C22H22. The summed E-state index contributed by atoms with van der Waals surface area (Å²) in [5.41, 5.74) is 9.84. The van der Waals surface area contributed by atoms with E-state index in [2.05, 4.69) is 75.5 Å². The van der Waals surface area contributed by atoms with Crippen LogP contribution in [0.2, 0.25) is 0 Å². The predicted octanol–water partition coefficient (Wildman–Crippen LogP) is 5.85. The molecule has 0 saturated heterocycles. The SMILES string of the molecule is C=C1C(=C)C(c2ccc(CC)cc2)=C1c1ccc(CC)cc1. The highest BCUT2D eigenvalue weighted by molar-refractivity contribution is 6.17. The first-order valence-corrected chi connectivity index (χ1v) is 7.97. The number of hydrogen-bond donors (Lipinski definition) is 0. The lowest BCUT2D eigenvalue weighted by Crippen LogP contribution is -2.09. The lowest BCUT2D eigenvalue weighted by molar-refractivity contribution is 1.14. The Morgan fingerprint density at radius 2 is 0.909 bits per heavy atom. The third-order valence-corrected chi connectivity index (χ3v) is 4.52. The molecule has 0 heteroatoms. The van der Waals surface area contributed by atoms with Crippen LogP contribution in [0.15, 0.2) is 72.8 Å². The number of allylic oxidation sites excluding steroid dienone is 4. The second-order valence-electron chi connectivity index (χ2n) is 5.81. The van der Waals surface area contributed by atoms with Crippen LogP contribution in [0.4, 0.5) is 0 Å². The van der Waals surface area contributed by atoms with Crippen molar-refractivity contribution in [2.24, 2.45) is 0 Å². The van der Waals surface area contributed by atoms with Crippen molar-refractivity contribution in [3.05, 3.63) is 95.1 Å². The second kappa shape index (κ2) is 5.81. The highest BCUT2D eigenvalue weighted by atomic mass is 14.3. The predicted molar refractivity (Wildman–Crippen MR) is 96.7 cm³/mol. The normalized spacial score (nSPS) is 14.3. The smallest absolute Gasteiger partial charge is 0.00267 e. The van der Waals surface area contributed by atoms with Gasteiger partial charge in [-0.1, -0.05) is 75.5 Å². The van der Waals surface area contributed by atoms with Crippen LogP contribution >= 0.6 is 0 Å². The van der Waals surface area contributed by atoms with Gasteiger partial charge >= 0.3 is 0 Å². The first kappa shape index (κ1) is 14.6. The molecule has 110 valence electrons. The van der Waals surface area contributed by atoms with Gasteiger partial charge in [-0.25, -0.2) is 0 Å². The molecule has 0 saturated carbocycles. The molecule has 0 aromatic heterocycles. The molecule has 0 nitrogen and oxygen atoms in total. The van der Waals surface area contributed by atoms with Crippen molar-refractivity contribution in [2.45, 2.75) is 26.7 Å². The molecule has 0 unspecified atom stereocenters. The largest absolute Gasteiger partial charge is 0.0905 e. The van der Waals surface area contributed by atoms with Crippen LogP contribution in [0.1, 0.15) is 36.1 Å². The Labute approximate surface area is 133 Å². The molecule has 0 N–H and O–H groups in total. The van der Waals surface area contributed by atoms with Crippen molar-refractivity contribution in [1.82, 2.24) is 0 Å². The van der Waals surface area contributed by atoms with Crippen LogP contribution in [-0.2, 0) is 12.8 Å². The molecule has 0 radical (unpaired) electrons. The Hall–Kier alpha value is -2.34. The lowest BCUT2D eigenvalue weighted by Gasteiger charge is -2.30. The van der Waals surface area contributed by atoms with E-state index >= 15 is 0 Å². The molecule has 0 amide bonds. The van der Waals surface area contributed by atoms with E-state index in [1.165, 1.54) is 33.4 Å². The molecule has 2 aromatic rings. The summed E-state index contributed by atoms with van der Waals surface area (Å²) in [4.78, 5) is 0. The minimum absolute atomic E-state index is 1.07. The highest BCUT2D eigenvalue weighted by Gasteiger charge is 2.28.